The Morgan fingerprint density at radius 1 is 1.45 bits per heavy atom. The molecule has 20 heavy (non-hydrogen) atoms. The number of halogens is 2. The second-order valence-electron chi connectivity index (χ2n) is 3.53. The molecule has 106 valence electrons. The van der Waals surface area contributed by atoms with Gasteiger partial charge in [0.05, 0.1) is 0 Å². The third-order valence-corrected chi connectivity index (χ3v) is 4.01. The first-order chi connectivity index (χ1) is 9.51. The molecule has 0 aliphatic rings. The van der Waals surface area contributed by atoms with Crippen LogP contribution in [-0.4, -0.2) is 0 Å². The molecule has 4 heteroatoms. The Bertz CT molecular complexity index is 570. The van der Waals surface area contributed by atoms with Gasteiger partial charge in [0, 0.05) is 20.0 Å². The van der Waals surface area contributed by atoms with Gasteiger partial charge in [0.1, 0.15) is 5.40 Å². The first kappa shape index (κ1) is 19.1. The molecule has 0 aliphatic heterocycles. The van der Waals surface area contributed by atoms with Crippen LogP contribution in [0.25, 0.3) is 5.57 Å². The average Bonchev–Trinajstić information content (AvgIpc) is 2.44. The summed E-state index contributed by atoms with van der Waals surface area (Å²) in [6.45, 7) is 13.6. The predicted molar refractivity (Wildman–Crippen MR) is 95.9 cm³/mol. The van der Waals surface area contributed by atoms with Crippen LogP contribution in [0.15, 0.2) is 46.8 Å². The molecule has 0 spiro atoms. The average molecular weight is 371 g/mol. The van der Waals surface area contributed by atoms with Crippen LogP contribution in [-0.2, 0) is 0 Å². The highest BCUT2D eigenvalue weighted by atomic mass is 79.9. The van der Waals surface area contributed by atoms with E-state index in [2.05, 4.69) is 29.1 Å². The third kappa shape index (κ3) is 5.20. The zero-order chi connectivity index (χ0) is 15.7. The largest absolute Gasteiger partial charge is 0.185 e. The summed E-state index contributed by atoms with van der Waals surface area (Å²) in [6.07, 6.45) is 1.69. The van der Waals surface area contributed by atoms with E-state index in [4.69, 9.17) is 16.9 Å². The van der Waals surface area contributed by atoms with Gasteiger partial charge in [-0.1, -0.05) is 72.2 Å². The summed E-state index contributed by atoms with van der Waals surface area (Å²) in [4.78, 5) is 0.722. The van der Waals surface area contributed by atoms with E-state index in [9.17, 15) is 0 Å². The molecule has 1 aromatic rings. The van der Waals surface area contributed by atoms with Crippen LogP contribution in [0.4, 0.5) is 0 Å². The number of thioether (sulfide) groups is 1. The highest BCUT2D eigenvalue weighted by Gasteiger charge is 2.12. The van der Waals surface area contributed by atoms with Crippen molar-refractivity contribution in [2.45, 2.75) is 20.8 Å². The van der Waals surface area contributed by atoms with Crippen molar-refractivity contribution >= 4 is 44.9 Å². The molecule has 0 N–H and O–H groups in total. The molecule has 0 bridgehead atoms. The van der Waals surface area contributed by atoms with Crippen molar-refractivity contribution in [3.63, 3.8) is 0 Å². The highest BCUT2D eigenvalue weighted by molar-refractivity contribution is 9.12. The minimum atomic E-state index is 0.625. The van der Waals surface area contributed by atoms with Crippen LogP contribution in [0.5, 0.6) is 0 Å². The summed E-state index contributed by atoms with van der Waals surface area (Å²) >= 11 is 10.5. The summed E-state index contributed by atoms with van der Waals surface area (Å²) < 4.78 is 0.640. The molecule has 0 saturated carbocycles. The predicted octanol–water partition coefficient (Wildman–Crippen LogP) is 6.69. The van der Waals surface area contributed by atoms with E-state index in [1.54, 1.807) is 6.08 Å². The molecule has 1 nitrogen and oxygen atoms in total. The van der Waals surface area contributed by atoms with Crippen LogP contribution < -0.4 is 0 Å². The number of nitriles is 1. The molecular formula is C16H17BrClNS. The number of rotatable bonds is 4. The first-order valence-electron chi connectivity index (χ1n) is 6.05. The second-order valence-corrected chi connectivity index (χ2v) is 5.69. The fraction of sp³-hybridized carbons (Fsp3) is 0.188. The number of allylic oxidation sites excluding steroid dienone is 3. The molecule has 0 radical (unpaired) electrons. The van der Waals surface area contributed by atoms with Gasteiger partial charge in [-0.15, -0.1) is 0 Å². The first-order valence-corrected chi connectivity index (χ1v) is 8.04. The summed E-state index contributed by atoms with van der Waals surface area (Å²) in [5.41, 5.74) is 2.75. The Kier molecular flexibility index (Phi) is 9.41. The maximum atomic E-state index is 8.85. The molecular weight excluding hydrogens is 354 g/mol. The van der Waals surface area contributed by atoms with Gasteiger partial charge in [0.15, 0.2) is 0 Å². The maximum absolute atomic E-state index is 8.85. The topological polar surface area (TPSA) is 23.8 Å². The number of thiocyanates is 1. The quantitative estimate of drug-likeness (QED) is 0.435. The zero-order valence-corrected chi connectivity index (χ0v) is 15.0. The van der Waals surface area contributed by atoms with Gasteiger partial charge in [-0.25, -0.2) is 0 Å². The molecule has 0 unspecified atom stereocenters. The SMILES string of the molecule is C=C/C(=C(/SC#N)C(=C)Br)c1cc(C)ccc1Cl.CC. The number of hydrogen-bond donors (Lipinski definition) is 0. The number of aryl methyl sites for hydroxylation is 1. The van der Waals surface area contributed by atoms with Gasteiger partial charge in [0.2, 0.25) is 0 Å². The van der Waals surface area contributed by atoms with Crippen LogP contribution >= 0.6 is 39.3 Å². The molecule has 0 aliphatic carbocycles. The Balaban J connectivity index is 0.00000172. The van der Waals surface area contributed by atoms with Crippen LogP contribution in [0.2, 0.25) is 5.02 Å². The van der Waals surface area contributed by atoms with Crippen molar-refractivity contribution in [3.05, 3.63) is 63.0 Å². The number of nitrogens with zero attached hydrogens (tertiary/aromatic N) is 1. The third-order valence-electron chi connectivity index (χ3n) is 2.25. The van der Waals surface area contributed by atoms with Gasteiger partial charge in [-0.2, -0.15) is 5.26 Å². The Morgan fingerprint density at radius 2 is 2.05 bits per heavy atom. The van der Waals surface area contributed by atoms with E-state index >= 15 is 0 Å². The molecule has 0 heterocycles. The van der Waals surface area contributed by atoms with E-state index in [1.165, 1.54) is 0 Å². The van der Waals surface area contributed by atoms with E-state index in [-0.39, 0.29) is 0 Å². The molecule has 1 aromatic carbocycles. The second kappa shape index (κ2) is 9.88. The van der Waals surface area contributed by atoms with Gasteiger partial charge in [-0.3, -0.25) is 0 Å². The van der Waals surface area contributed by atoms with Crippen molar-refractivity contribution in [1.29, 1.82) is 5.26 Å². The standard InChI is InChI=1S/C14H11BrClNS.C2H6/c1-4-11(14(10(3)15)18-8-17)12-7-9(2)5-6-13(12)16;1-2/h4-7H,1,3H2,2H3;1-2H3/b14-11-;. The van der Waals surface area contributed by atoms with Crippen molar-refractivity contribution in [1.82, 2.24) is 0 Å². The lowest BCUT2D eigenvalue weighted by Crippen LogP contribution is -1.89. The van der Waals surface area contributed by atoms with Gasteiger partial charge in [0.25, 0.3) is 0 Å². The molecule has 0 aromatic heterocycles. The van der Waals surface area contributed by atoms with Gasteiger partial charge >= 0.3 is 0 Å². The Hall–Kier alpha value is -0.950. The lowest BCUT2D eigenvalue weighted by molar-refractivity contribution is 1.45. The molecule has 1 rings (SSSR count). The van der Waals surface area contributed by atoms with Crippen LogP contribution in [0, 0.1) is 17.6 Å². The van der Waals surface area contributed by atoms with E-state index in [1.807, 2.05) is 44.4 Å². The van der Waals surface area contributed by atoms with E-state index < -0.39 is 0 Å². The lowest BCUT2D eigenvalue weighted by atomic mass is 10.0. The minimum Gasteiger partial charge on any atom is -0.185 e. The normalized spacial score (nSPS) is 10.6. The van der Waals surface area contributed by atoms with Crippen molar-refractivity contribution < 1.29 is 0 Å². The fourth-order valence-corrected chi connectivity index (χ4v) is 2.65. The molecule has 0 fully saturated rings. The smallest absolute Gasteiger partial charge is 0.138 e. The monoisotopic (exact) mass is 369 g/mol. The summed E-state index contributed by atoms with van der Waals surface area (Å²) in [6, 6.07) is 5.74. The minimum absolute atomic E-state index is 0.625. The van der Waals surface area contributed by atoms with Gasteiger partial charge < -0.3 is 0 Å². The summed E-state index contributed by atoms with van der Waals surface area (Å²) in [5.74, 6) is 0. The summed E-state index contributed by atoms with van der Waals surface area (Å²) in [7, 11) is 0. The van der Waals surface area contributed by atoms with Gasteiger partial charge in [-0.05, 0) is 36.4 Å². The van der Waals surface area contributed by atoms with E-state index in [0.717, 1.165) is 33.4 Å². The highest BCUT2D eigenvalue weighted by Crippen LogP contribution is 2.37. The van der Waals surface area contributed by atoms with Crippen molar-refractivity contribution in [3.8, 4) is 5.40 Å². The molecule has 0 saturated heterocycles. The number of hydrogen-bond acceptors (Lipinski definition) is 2. The van der Waals surface area contributed by atoms with E-state index in [0.29, 0.717) is 9.51 Å². The molecule has 0 atom stereocenters. The maximum Gasteiger partial charge on any atom is 0.138 e. The Labute approximate surface area is 139 Å². The zero-order valence-electron chi connectivity index (χ0n) is 11.8. The molecule has 0 amide bonds. The van der Waals surface area contributed by atoms with Crippen LogP contribution in [0.3, 0.4) is 0 Å². The lowest BCUT2D eigenvalue weighted by Gasteiger charge is -2.11. The van der Waals surface area contributed by atoms with Crippen molar-refractivity contribution in [2.24, 2.45) is 0 Å². The fourth-order valence-electron chi connectivity index (χ4n) is 1.47. The Morgan fingerprint density at radius 3 is 2.50 bits per heavy atom. The van der Waals surface area contributed by atoms with Crippen molar-refractivity contribution in [2.75, 3.05) is 0 Å². The number of benzene rings is 1. The van der Waals surface area contributed by atoms with Crippen LogP contribution in [0.1, 0.15) is 25.0 Å². The summed E-state index contributed by atoms with van der Waals surface area (Å²) in [5, 5.41) is 11.5.